The second-order valence-electron chi connectivity index (χ2n) is 4.12. The molecule has 0 heterocycles. The summed E-state index contributed by atoms with van der Waals surface area (Å²) < 4.78 is 9.68. The molecule has 0 spiro atoms. The zero-order valence-corrected chi connectivity index (χ0v) is 12.7. The third-order valence-electron chi connectivity index (χ3n) is 2.78. The maximum atomic E-state index is 11.9. The van der Waals surface area contributed by atoms with Crippen molar-refractivity contribution in [2.24, 2.45) is 0 Å². The van der Waals surface area contributed by atoms with Crippen LogP contribution in [-0.4, -0.2) is 36.7 Å². The molecule has 0 radical (unpaired) electrons. The summed E-state index contributed by atoms with van der Waals surface area (Å²) >= 11 is 0. The Morgan fingerprint density at radius 1 is 1.18 bits per heavy atom. The lowest BCUT2D eigenvalue weighted by Gasteiger charge is -2.20. The predicted octanol–water partition coefficient (Wildman–Crippen LogP) is 2.75. The van der Waals surface area contributed by atoms with Crippen molar-refractivity contribution in [2.45, 2.75) is 20.8 Å². The molecule has 1 rings (SSSR count). The smallest absolute Gasteiger partial charge is 0.414 e. The van der Waals surface area contributed by atoms with Crippen molar-refractivity contribution in [3.8, 4) is 0 Å². The van der Waals surface area contributed by atoms with Crippen LogP contribution in [0.3, 0.4) is 0 Å². The van der Waals surface area contributed by atoms with Gasteiger partial charge in [0.15, 0.2) is 0 Å². The summed E-state index contributed by atoms with van der Waals surface area (Å²) in [4.78, 5) is 35.2. The molecule has 0 aliphatic carbocycles. The number of amides is 1. The number of nitro benzene ring substituents is 1. The Labute approximate surface area is 127 Å². The van der Waals surface area contributed by atoms with Crippen molar-refractivity contribution in [1.82, 2.24) is 0 Å². The van der Waals surface area contributed by atoms with Crippen molar-refractivity contribution in [2.75, 3.05) is 24.7 Å². The average molecular weight is 310 g/mol. The lowest BCUT2D eigenvalue weighted by Crippen LogP contribution is -2.31. The van der Waals surface area contributed by atoms with E-state index in [1.54, 1.807) is 20.8 Å². The molecule has 0 aliphatic heterocycles. The highest BCUT2D eigenvalue weighted by Gasteiger charge is 2.26. The van der Waals surface area contributed by atoms with E-state index in [4.69, 9.17) is 9.47 Å². The van der Waals surface area contributed by atoms with Crippen LogP contribution in [0.2, 0.25) is 0 Å². The molecular formula is C14H18N2O6. The number of rotatable bonds is 6. The fourth-order valence-corrected chi connectivity index (χ4v) is 1.84. The third-order valence-corrected chi connectivity index (χ3v) is 2.78. The zero-order chi connectivity index (χ0) is 16.7. The largest absolute Gasteiger partial charge is 0.462 e. The maximum absolute atomic E-state index is 11.9. The van der Waals surface area contributed by atoms with E-state index in [2.05, 4.69) is 0 Å². The Bertz CT molecular complexity index is 572. The molecule has 0 saturated heterocycles. The van der Waals surface area contributed by atoms with Gasteiger partial charge in [0.25, 0.3) is 5.69 Å². The van der Waals surface area contributed by atoms with Gasteiger partial charge < -0.3 is 9.47 Å². The number of hydrogen-bond donors (Lipinski definition) is 0. The maximum Gasteiger partial charge on any atom is 0.414 e. The molecule has 0 bridgehead atoms. The number of hydrogen-bond acceptors (Lipinski definition) is 6. The number of benzene rings is 1. The van der Waals surface area contributed by atoms with E-state index in [1.807, 2.05) is 0 Å². The van der Waals surface area contributed by atoms with Gasteiger partial charge in [-0.25, -0.2) is 9.59 Å². The molecule has 0 saturated carbocycles. The van der Waals surface area contributed by atoms with Crippen LogP contribution in [0.25, 0.3) is 0 Å². The summed E-state index contributed by atoms with van der Waals surface area (Å²) in [6, 6.07) is 3.81. The van der Waals surface area contributed by atoms with Gasteiger partial charge in [0.1, 0.15) is 5.69 Å². The molecule has 0 N–H and O–H groups in total. The summed E-state index contributed by atoms with van der Waals surface area (Å²) in [6.07, 6.45) is -0.683. The third kappa shape index (κ3) is 3.94. The molecule has 1 amide bonds. The van der Waals surface area contributed by atoms with Crippen molar-refractivity contribution in [3.05, 3.63) is 33.9 Å². The Balaban J connectivity index is 3.27. The van der Waals surface area contributed by atoms with Crippen molar-refractivity contribution in [1.29, 1.82) is 0 Å². The first-order valence-electron chi connectivity index (χ1n) is 6.86. The minimum Gasteiger partial charge on any atom is -0.462 e. The summed E-state index contributed by atoms with van der Waals surface area (Å²) in [6.45, 7) is 5.46. The molecule has 120 valence electrons. The molecule has 0 aliphatic rings. The van der Waals surface area contributed by atoms with Crippen LogP contribution in [0.4, 0.5) is 16.2 Å². The minimum atomic E-state index is -0.683. The number of ether oxygens (including phenoxy) is 2. The summed E-state index contributed by atoms with van der Waals surface area (Å²) in [7, 11) is 0. The van der Waals surface area contributed by atoms with Gasteiger partial charge in [-0.3, -0.25) is 15.0 Å². The van der Waals surface area contributed by atoms with Crippen LogP contribution in [0.1, 0.15) is 31.1 Å². The zero-order valence-electron chi connectivity index (χ0n) is 12.7. The second kappa shape index (κ2) is 7.96. The van der Waals surface area contributed by atoms with Gasteiger partial charge in [-0.1, -0.05) is 0 Å². The van der Waals surface area contributed by atoms with Crippen molar-refractivity contribution >= 4 is 23.4 Å². The van der Waals surface area contributed by atoms with Crippen LogP contribution < -0.4 is 4.90 Å². The van der Waals surface area contributed by atoms with E-state index in [9.17, 15) is 19.7 Å². The van der Waals surface area contributed by atoms with E-state index < -0.39 is 17.0 Å². The molecule has 8 heteroatoms. The van der Waals surface area contributed by atoms with Crippen LogP contribution in [0.5, 0.6) is 0 Å². The molecule has 0 atom stereocenters. The molecule has 0 aromatic heterocycles. The van der Waals surface area contributed by atoms with E-state index in [0.717, 1.165) is 11.0 Å². The van der Waals surface area contributed by atoms with Crippen LogP contribution in [0, 0.1) is 10.1 Å². The fourth-order valence-electron chi connectivity index (χ4n) is 1.84. The summed E-state index contributed by atoms with van der Waals surface area (Å²) in [5, 5.41) is 11.2. The number of carbonyl (C=O) groups is 2. The monoisotopic (exact) mass is 310 g/mol. The number of carbonyl (C=O) groups excluding carboxylic acids is 2. The average Bonchev–Trinajstić information content (AvgIpc) is 2.48. The molecule has 1 aromatic carbocycles. The standard InChI is InChI=1S/C14H18N2O6/c1-4-15(14(18)22-6-3)11-8-7-10(13(17)21-5-2)9-12(11)16(19)20/h7-9H,4-6H2,1-3H3. The van der Waals surface area contributed by atoms with Crippen LogP contribution in [-0.2, 0) is 9.47 Å². The van der Waals surface area contributed by atoms with Crippen LogP contribution in [0.15, 0.2) is 18.2 Å². The number of anilines is 1. The summed E-state index contributed by atoms with van der Waals surface area (Å²) in [5.41, 5.74) is -0.239. The van der Waals surface area contributed by atoms with Gasteiger partial charge in [-0.05, 0) is 32.9 Å². The molecule has 0 unspecified atom stereocenters. The molecular weight excluding hydrogens is 292 g/mol. The van der Waals surface area contributed by atoms with Crippen molar-refractivity contribution < 1.29 is 24.0 Å². The number of esters is 1. The normalized spacial score (nSPS) is 9.95. The van der Waals surface area contributed by atoms with E-state index >= 15 is 0 Å². The number of nitrogens with zero attached hydrogens (tertiary/aromatic N) is 2. The Morgan fingerprint density at radius 3 is 2.32 bits per heavy atom. The molecule has 8 nitrogen and oxygen atoms in total. The minimum absolute atomic E-state index is 0.0530. The van der Waals surface area contributed by atoms with Gasteiger partial charge >= 0.3 is 12.1 Å². The topological polar surface area (TPSA) is 99.0 Å². The van der Waals surface area contributed by atoms with E-state index in [-0.39, 0.29) is 36.7 Å². The van der Waals surface area contributed by atoms with E-state index in [0.29, 0.717) is 0 Å². The van der Waals surface area contributed by atoms with Crippen LogP contribution >= 0.6 is 0 Å². The first-order chi connectivity index (χ1) is 10.5. The predicted molar refractivity (Wildman–Crippen MR) is 79.1 cm³/mol. The highest BCUT2D eigenvalue weighted by Crippen LogP contribution is 2.30. The number of nitro groups is 1. The van der Waals surface area contributed by atoms with Gasteiger partial charge in [0.2, 0.25) is 0 Å². The lowest BCUT2D eigenvalue weighted by atomic mass is 10.1. The van der Waals surface area contributed by atoms with Gasteiger partial charge in [0.05, 0.1) is 23.7 Å². The highest BCUT2D eigenvalue weighted by atomic mass is 16.6. The van der Waals surface area contributed by atoms with E-state index in [1.165, 1.54) is 12.1 Å². The Morgan fingerprint density at radius 2 is 1.82 bits per heavy atom. The fraction of sp³-hybridized carbons (Fsp3) is 0.429. The SMILES string of the molecule is CCOC(=O)c1ccc(N(CC)C(=O)OCC)c([N+](=O)[O-])c1. The first kappa shape index (κ1) is 17.4. The Kier molecular flexibility index (Phi) is 6.30. The first-order valence-corrected chi connectivity index (χ1v) is 6.86. The molecule has 0 fully saturated rings. The lowest BCUT2D eigenvalue weighted by molar-refractivity contribution is -0.384. The molecule has 1 aromatic rings. The Hall–Kier alpha value is -2.64. The van der Waals surface area contributed by atoms with Crippen molar-refractivity contribution in [3.63, 3.8) is 0 Å². The quantitative estimate of drug-likeness (QED) is 0.455. The summed E-state index contributed by atoms with van der Waals surface area (Å²) in [5.74, 6) is -0.656. The highest BCUT2D eigenvalue weighted by molar-refractivity contribution is 5.95. The van der Waals surface area contributed by atoms with Gasteiger partial charge in [-0.2, -0.15) is 0 Å². The van der Waals surface area contributed by atoms with Gasteiger partial charge in [-0.15, -0.1) is 0 Å². The second-order valence-corrected chi connectivity index (χ2v) is 4.12. The van der Waals surface area contributed by atoms with Gasteiger partial charge in [0, 0.05) is 12.6 Å². The molecule has 22 heavy (non-hydrogen) atoms.